The monoisotopic (exact) mass is 203 g/mol. The number of aldehydes is 1. The number of hydrogen-bond acceptors (Lipinski definition) is 3. The van der Waals surface area contributed by atoms with E-state index in [1.165, 1.54) is 5.56 Å². The number of hydrogen-bond donors (Lipinski definition) is 0. The molecule has 0 spiro atoms. The van der Waals surface area contributed by atoms with Gasteiger partial charge in [-0.3, -0.25) is 4.79 Å². The van der Waals surface area contributed by atoms with Crippen LogP contribution in [-0.4, -0.2) is 11.3 Å². The van der Waals surface area contributed by atoms with Crippen LogP contribution in [0, 0.1) is 0 Å². The van der Waals surface area contributed by atoms with Crippen LogP contribution in [-0.2, 0) is 6.42 Å². The van der Waals surface area contributed by atoms with Gasteiger partial charge in [-0.15, -0.1) is 11.3 Å². The summed E-state index contributed by atoms with van der Waals surface area (Å²) in [6, 6.07) is 7.59. The van der Waals surface area contributed by atoms with Crippen molar-refractivity contribution in [3.05, 3.63) is 52.0 Å². The first-order valence-corrected chi connectivity index (χ1v) is 5.19. The van der Waals surface area contributed by atoms with Crippen LogP contribution in [0.25, 0.3) is 0 Å². The van der Waals surface area contributed by atoms with Gasteiger partial charge in [0.1, 0.15) is 6.29 Å². The van der Waals surface area contributed by atoms with Crippen LogP contribution in [0.3, 0.4) is 0 Å². The van der Waals surface area contributed by atoms with E-state index in [2.05, 4.69) is 4.98 Å². The molecule has 2 nitrogen and oxygen atoms in total. The lowest BCUT2D eigenvalue weighted by atomic mass is 10.1. The minimum absolute atomic E-state index is 0.716. The Bertz CT molecular complexity index is 405. The molecule has 1 aromatic heterocycles. The fourth-order valence-corrected chi connectivity index (χ4v) is 1.88. The van der Waals surface area contributed by atoms with E-state index < -0.39 is 0 Å². The Morgan fingerprint density at radius 1 is 1.29 bits per heavy atom. The molecule has 0 bridgehead atoms. The minimum Gasteiger partial charge on any atom is -0.298 e. The van der Waals surface area contributed by atoms with E-state index in [0.717, 1.165) is 17.7 Å². The Morgan fingerprint density at radius 3 is 2.64 bits per heavy atom. The molecule has 2 rings (SSSR count). The summed E-state index contributed by atoms with van der Waals surface area (Å²) in [6.07, 6.45) is 3.50. The van der Waals surface area contributed by atoms with Crippen LogP contribution in [0.5, 0.6) is 0 Å². The summed E-state index contributed by atoms with van der Waals surface area (Å²) in [7, 11) is 0. The number of benzene rings is 1. The average molecular weight is 203 g/mol. The van der Waals surface area contributed by atoms with Gasteiger partial charge in [0.25, 0.3) is 0 Å². The van der Waals surface area contributed by atoms with Crippen molar-refractivity contribution >= 4 is 17.6 Å². The van der Waals surface area contributed by atoms with Gasteiger partial charge >= 0.3 is 0 Å². The predicted molar refractivity (Wildman–Crippen MR) is 56.7 cm³/mol. The number of rotatable bonds is 3. The third kappa shape index (κ3) is 2.06. The molecule has 0 N–H and O–H groups in total. The van der Waals surface area contributed by atoms with E-state index in [1.807, 2.05) is 29.6 Å². The van der Waals surface area contributed by atoms with Crippen molar-refractivity contribution in [3.8, 4) is 0 Å². The highest BCUT2D eigenvalue weighted by Crippen LogP contribution is 2.12. The standard InChI is InChI=1S/C11H9NOS/c13-8-10-3-1-9(2-4-10)7-11-12-5-6-14-11/h1-6,8H,7H2. The first-order chi connectivity index (χ1) is 6.88. The number of carbonyl (C=O) groups is 1. The fourth-order valence-electron chi connectivity index (χ4n) is 1.23. The number of carbonyl (C=O) groups excluding carboxylic acids is 1. The van der Waals surface area contributed by atoms with Crippen LogP contribution in [0.2, 0.25) is 0 Å². The summed E-state index contributed by atoms with van der Waals surface area (Å²) in [5, 5.41) is 3.07. The first kappa shape index (κ1) is 9.09. The van der Waals surface area contributed by atoms with Crippen LogP contribution in [0.1, 0.15) is 20.9 Å². The van der Waals surface area contributed by atoms with Gasteiger partial charge in [-0.25, -0.2) is 4.98 Å². The van der Waals surface area contributed by atoms with E-state index in [-0.39, 0.29) is 0 Å². The number of nitrogens with zero attached hydrogens (tertiary/aromatic N) is 1. The second kappa shape index (κ2) is 4.15. The zero-order valence-electron chi connectivity index (χ0n) is 7.51. The van der Waals surface area contributed by atoms with Crippen LogP contribution in [0.4, 0.5) is 0 Å². The second-order valence-corrected chi connectivity index (χ2v) is 3.94. The summed E-state index contributed by atoms with van der Waals surface area (Å²) in [4.78, 5) is 14.6. The molecule has 0 aliphatic carbocycles. The highest BCUT2D eigenvalue weighted by Gasteiger charge is 1.98. The summed E-state index contributed by atoms with van der Waals surface area (Å²) < 4.78 is 0. The molecule has 1 aromatic carbocycles. The zero-order valence-corrected chi connectivity index (χ0v) is 8.33. The molecule has 0 atom stereocenters. The first-order valence-electron chi connectivity index (χ1n) is 4.31. The van der Waals surface area contributed by atoms with Crippen LogP contribution in [0.15, 0.2) is 35.8 Å². The van der Waals surface area contributed by atoms with Gasteiger partial charge in [0.15, 0.2) is 0 Å². The SMILES string of the molecule is O=Cc1ccc(Cc2nccs2)cc1. The summed E-state index contributed by atoms with van der Waals surface area (Å²) in [5.74, 6) is 0. The largest absolute Gasteiger partial charge is 0.298 e. The van der Waals surface area contributed by atoms with E-state index in [4.69, 9.17) is 0 Å². The Morgan fingerprint density at radius 2 is 2.07 bits per heavy atom. The molecule has 0 radical (unpaired) electrons. The zero-order chi connectivity index (χ0) is 9.80. The lowest BCUT2D eigenvalue weighted by Crippen LogP contribution is -1.87. The Balaban J connectivity index is 2.14. The molecule has 0 aliphatic rings. The molecule has 0 amide bonds. The van der Waals surface area contributed by atoms with Crippen molar-refractivity contribution < 1.29 is 4.79 Å². The molecule has 1 heterocycles. The molecule has 0 saturated heterocycles. The molecule has 0 saturated carbocycles. The summed E-state index contributed by atoms with van der Waals surface area (Å²) >= 11 is 1.65. The predicted octanol–water partition coefficient (Wildman–Crippen LogP) is 2.55. The van der Waals surface area contributed by atoms with Gasteiger partial charge in [-0.05, 0) is 5.56 Å². The lowest BCUT2D eigenvalue weighted by molar-refractivity contribution is 0.112. The molecule has 70 valence electrons. The smallest absolute Gasteiger partial charge is 0.150 e. The molecule has 0 aliphatic heterocycles. The Hall–Kier alpha value is -1.48. The minimum atomic E-state index is 0.716. The lowest BCUT2D eigenvalue weighted by Gasteiger charge is -1.97. The van der Waals surface area contributed by atoms with Gasteiger partial charge in [0.05, 0.1) is 5.01 Å². The van der Waals surface area contributed by atoms with Gasteiger partial charge in [-0.1, -0.05) is 24.3 Å². The summed E-state index contributed by atoms with van der Waals surface area (Å²) in [6.45, 7) is 0. The highest BCUT2D eigenvalue weighted by molar-refractivity contribution is 7.09. The normalized spacial score (nSPS) is 10.0. The molecule has 3 heteroatoms. The van der Waals surface area contributed by atoms with Crippen LogP contribution >= 0.6 is 11.3 Å². The van der Waals surface area contributed by atoms with Crippen molar-refractivity contribution in [2.45, 2.75) is 6.42 Å². The van der Waals surface area contributed by atoms with Crippen LogP contribution < -0.4 is 0 Å². The Kier molecular flexibility index (Phi) is 2.70. The van der Waals surface area contributed by atoms with Gasteiger partial charge < -0.3 is 0 Å². The maximum atomic E-state index is 10.4. The topological polar surface area (TPSA) is 30.0 Å². The van der Waals surface area contributed by atoms with E-state index in [0.29, 0.717) is 5.56 Å². The van der Waals surface area contributed by atoms with E-state index >= 15 is 0 Å². The molecular formula is C11H9NOS. The molecule has 0 unspecified atom stereocenters. The maximum absolute atomic E-state index is 10.4. The molecule has 14 heavy (non-hydrogen) atoms. The van der Waals surface area contributed by atoms with Gasteiger partial charge in [-0.2, -0.15) is 0 Å². The van der Waals surface area contributed by atoms with Crippen molar-refractivity contribution in [3.63, 3.8) is 0 Å². The molecule has 0 fully saturated rings. The van der Waals surface area contributed by atoms with Crippen molar-refractivity contribution in [2.75, 3.05) is 0 Å². The van der Waals surface area contributed by atoms with Crippen molar-refractivity contribution in [2.24, 2.45) is 0 Å². The maximum Gasteiger partial charge on any atom is 0.150 e. The van der Waals surface area contributed by atoms with E-state index in [1.54, 1.807) is 17.5 Å². The Labute approximate surface area is 86.2 Å². The number of thiazole rings is 1. The van der Waals surface area contributed by atoms with E-state index in [9.17, 15) is 4.79 Å². The average Bonchev–Trinajstić information content (AvgIpc) is 2.72. The summed E-state index contributed by atoms with van der Waals surface area (Å²) in [5.41, 5.74) is 1.90. The fraction of sp³-hybridized carbons (Fsp3) is 0.0909. The third-order valence-corrected chi connectivity index (χ3v) is 2.73. The van der Waals surface area contributed by atoms with Crippen molar-refractivity contribution in [1.29, 1.82) is 0 Å². The molecule has 2 aromatic rings. The van der Waals surface area contributed by atoms with Gasteiger partial charge in [0, 0.05) is 23.6 Å². The quantitative estimate of drug-likeness (QED) is 0.717. The highest BCUT2D eigenvalue weighted by atomic mass is 32.1. The second-order valence-electron chi connectivity index (χ2n) is 2.96. The van der Waals surface area contributed by atoms with Gasteiger partial charge in [0.2, 0.25) is 0 Å². The molecular weight excluding hydrogens is 194 g/mol. The number of aromatic nitrogens is 1. The van der Waals surface area contributed by atoms with Crippen molar-refractivity contribution in [1.82, 2.24) is 4.98 Å². The third-order valence-electron chi connectivity index (χ3n) is 1.95.